The smallest absolute Gasteiger partial charge is 0.236 e. The molecule has 0 radical (unpaired) electrons. The molecule has 0 atom stereocenters. The summed E-state index contributed by atoms with van der Waals surface area (Å²) in [6.07, 6.45) is 6.47. The van der Waals surface area contributed by atoms with Crippen LogP contribution in [0.2, 0.25) is 0 Å². The Hall–Kier alpha value is -3.16. The monoisotopic (exact) mass is 418 g/mol. The van der Waals surface area contributed by atoms with E-state index in [0.29, 0.717) is 33.8 Å². The van der Waals surface area contributed by atoms with Gasteiger partial charge in [0.05, 0.1) is 16.6 Å². The molecule has 1 aromatic rings. The van der Waals surface area contributed by atoms with Crippen LogP contribution >= 0.6 is 0 Å². The number of carbonyl (C=O) groups excluding carboxylic acids is 2. The predicted octanol–water partition coefficient (Wildman–Crippen LogP) is 0.837. The molecule has 0 spiro atoms. The van der Waals surface area contributed by atoms with E-state index < -0.39 is 11.6 Å². The molecule has 4 rings (SSSR count). The van der Waals surface area contributed by atoms with E-state index in [4.69, 9.17) is 0 Å². The first-order valence-electron chi connectivity index (χ1n) is 10.3. The molecule has 2 heterocycles. The van der Waals surface area contributed by atoms with Crippen molar-refractivity contribution in [1.29, 1.82) is 0 Å². The van der Waals surface area contributed by atoms with Crippen molar-refractivity contribution in [3.05, 3.63) is 57.4 Å². The van der Waals surface area contributed by atoms with Crippen LogP contribution in [0.5, 0.6) is 5.75 Å². The Morgan fingerprint density at radius 3 is 2.39 bits per heavy atom. The van der Waals surface area contributed by atoms with Gasteiger partial charge in [-0.2, -0.15) is 0 Å². The number of aromatic hydroxyl groups is 1. The summed E-state index contributed by atoms with van der Waals surface area (Å²) in [5, 5.41) is 11.5. The Morgan fingerprint density at radius 2 is 1.68 bits per heavy atom. The van der Waals surface area contributed by atoms with Gasteiger partial charge in [0.1, 0.15) is 5.75 Å². The predicted molar refractivity (Wildman–Crippen MR) is 120 cm³/mol. The Morgan fingerprint density at radius 1 is 0.968 bits per heavy atom. The van der Waals surface area contributed by atoms with Gasteiger partial charge in [-0.05, 0) is 70.4 Å². The number of rotatable bonds is 6. The summed E-state index contributed by atoms with van der Waals surface area (Å²) in [7, 11) is 7.89. The van der Waals surface area contributed by atoms with Gasteiger partial charge in [-0.25, -0.2) is 0 Å². The SMILES string of the molecule is CN(C)CCC1=CN=c2c1c(O)ccc2=C1C=C2N=CC(CCN(C)C)=C2C(=O)C1=O. The molecule has 7 heteroatoms. The van der Waals surface area contributed by atoms with Crippen LogP contribution in [0.3, 0.4) is 0 Å². The maximum Gasteiger partial charge on any atom is 0.236 e. The number of fused-ring (bicyclic) bond motifs is 2. The first-order valence-corrected chi connectivity index (χ1v) is 10.3. The molecule has 0 aromatic heterocycles. The second-order valence-corrected chi connectivity index (χ2v) is 8.51. The second-order valence-electron chi connectivity index (χ2n) is 8.51. The van der Waals surface area contributed by atoms with Crippen molar-refractivity contribution in [1.82, 2.24) is 9.80 Å². The zero-order chi connectivity index (χ0) is 22.3. The molecule has 160 valence electrons. The molecule has 0 saturated heterocycles. The quantitative estimate of drug-likeness (QED) is 0.692. The maximum atomic E-state index is 13.1. The molecular formula is C24H26N4O3. The lowest BCUT2D eigenvalue weighted by molar-refractivity contribution is -0.131. The van der Waals surface area contributed by atoms with E-state index >= 15 is 0 Å². The van der Waals surface area contributed by atoms with E-state index in [1.165, 1.54) is 0 Å². The highest BCUT2D eigenvalue weighted by molar-refractivity contribution is 6.60. The average molecular weight is 418 g/mol. The molecule has 7 nitrogen and oxygen atoms in total. The normalized spacial score (nSPS) is 19.2. The van der Waals surface area contributed by atoms with Crippen molar-refractivity contribution in [3.63, 3.8) is 0 Å². The molecule has 2 aliphatic heterocycles. The van der Waals surface area contributed by atoms with E-state index in [-0.39, 0.29) is 11.3 Å². The Balaban J connectivity index is 1.82. The van der Waals surface area contributed by atoms with Gasteiger partial charge >= 0.3 is 0 Å². The molecule has 1 aromatic carbocycles. The van der Waals surface area contributed by atoms with Crippen LogP contribution in [0.1, 0.15) is 18.4 Å². The molecule has 0 unspecified atom stereocenters. The number of benzene rings is 1. The third kappa shape index (κ3) is 3.82. The number of carbonyl (C=O) groups is 2. The van der Waals surface area contributed by atoms with Gasteiger partial charge in [0, 0.05) is 41.9 Å². The van der Waals surface area contributed by atoms with Crippen molar-refractivity contribution in [3.8, 4) is 5.75 Å². The fourth-order valence-corrected chi connectivity index (χ4v) is 3.97. The largest absolute Gasteiger partial charge is 0.507 e. The van der Waals surface area contributed by atoms with E-state index in [0.717, 1.165) is 30.7 Å². The van der Waals surface area contributed by atoms with E-state index in [1.807, 2.05) is 33.1 Å². The zero-order valence-corrected chi connectivity index (χ0v) is 18.3. The third-order valence-electron chi connectivity index (χ3n) is 5.67. The Kier molecular flexibility index (Phi) is 5.56. The summed E-state index contributed by atoms with van der Waals surface area (Å²) < 4.78 is 0. The van der Waals surface area contributed by atoms with E-state index in [1.54, 1.807) is 30.6 Å². The minimum Gasteiger partial charge on any atom is -0.507 e. The van der Waals surface area contributed by atoms with E-state index in [9.17, 15) is 14.7 Å². The highest BCUT2D eigenvalue weighted by atomic mass is 16.3. The van der Waals surface area contributed by atoms with Gasteiger partial charge in [0.25, 0.3) is 0 Å². The molecular weight excluding hydrogens is 392 g/mol. The van der Waals surface area contributed by atoms with Crippen LogP contribution in [0.4, 0.5) is 0 Å². The molecule has 0 amide bonds. The lowest BCUT2D eigenvalue weighted by Crippen LogP contribution is -2.35. The number of hydrogen-bond acceptors (Lipinski definition) is 7. The van der Waals surface area contributed by atoms with Crippen molar-refractivity contribution < 1.29 is 14.7 Å². The first kappa shape index (κ1) is 21.1. The number of aliphatic imine (C=N–C) groups is 1. The topological polar surface area (TPSA) is 85.6 Å². The summed E-state index contributed by atoms with van der Waals surface area (Å²) in [6.45, 7) is 1.57. The van der Waals surface area contributed by atoms with E-state index in [2.05, 4.69) is 14.9 Å². The molecule has 0 fully saturated rings. The Bertz CT molecular complexity index is 1230. The summed E-state index contributed by atoms with van der Waals surface area (Å²) in [5.74, 6) is -0.964. The van der Waals surface area contributed by atoms with Gasteiger partial charge in [-0.3, -0.25) is 19.6 Å². The second kappa shape index (κ2) is 8.17. The van der Waals surface area contributed by atoms with Crippen LogP contribution < -0.4 is 10.6 Å². The highest BCUT2D eigenvalue weighted by Crippen LogP contribution is 2.32. The van der Waals surface area contributed by atoms with Crippen LogP contribution in [0.15, 0.2) is 51.2 Å². The lowest BCUT2D eigenvalue weighted by Gasteiger charge is -2.15. The molecule has 3 aliphatic rings. The highest BCUT2D eigenvalue weighted by Gasteiger charge is 2.34. The minimum atomic E-state index is -0.559. The fraction of sp³-hybridized carbons (Fsp3) is 0.333. The number of allylic oxidation sites excluding steroid dienone is 2. The number of phenols is 1. The van der Waals surface area contributed by atoms with Gasteiger partial charge < -0.3 is 14.9 Å². The van der Waals surface area contributed by atoms with Gasteiger partial charge in [-0.15, -0.1) is 0 Å². The summed E-state index contributed by atoms with van der Waals surface area (Å²) in [5.41, 5.74) is 3.55. The number of hydrogen-bond donors (Lipinski definition) is 1. The Labute approximate surface area is 181 Å². The van der Waals surface area contributed by atoms with Gasteiger partial charge in [0.2, 0.25) is 11.6 Å². The van der Waals surface area contributed by atoms with Gasteiger partial charge in [-0.1, -0.05) is 0 Å². The zero-order valence-electron chi connectivity index (χ0n) is 18.3. The lowest BCUT2D eigenvalue weighted by atomic mass is 9.88. The van der Waals surface area contributed by atoms with Gasteiger partial charge in [0.15, 0.2) is 0 Å². The first-order chi connectivity index (χ1) is 14.8. The average Bonchev–Trinajstić information content (AvgIpc) is 3.33. The maximum absolute atomic E-state index is 13.1. The number of ketones is 2. The number of phenolic OH excluding ortho intramolecular Hbond substituents is 1. The minimum absolute atomic E-state index is 0.123. The molecule has 0 bridgehead atoms. The van der Waals surface area contributed by atoms with Crippen LogP contribution in [0, 0.1) is 0 Å². The fourth-order valence-electron chi connectivity index (χ4n) is 3.97. The third-order valence-corrected chi connectivity index (χ3v) is 5.67. The summed E-state index contributed by atoms with van der Waals surface area (Å²) in [6, 6.07) is 3.21. The van der Waals surface area contributed by atoms with Crippen molar-refractivity contribution in [2.24, 2.45) is 9.98 Å². The molecule has 0 saturated carbocycles. The van der Waals surface area contributed by atoms with Crippen LogP contribution in [0.25, 0.3) is 11.1 Å². The number of Topliss-reactive ketones (excluding diaryl/α,β-unsaturated/α-hetero) is 2. The summed E-state index contributed by atoms with van der Waals surface area (Å²) in [4.78, 5) is 39.0. The number of nitrogens with zero attached hydrogens (tertiary/aromatic N) is 4. The van der Waals surface area contributed by atoms with Crippen molar-refractivity contribution in [2.75, 3.05) is 41.3 Å². The van der Waals surface area contributed by atoms with Crippen molar-refractivity contribution >= 4 is 28.9 Å². The summed E-state index contributed by atoms with van der Waals surface area (Å²) >= 11 is 0. The van der Waals surface area contributed by atoms with Crippen LogP contribution in [-0.4, -0.2) is 74.0 Å². The van der Waals surface area contributed by atoms with Crippen LogP contribution in [-0.2, 0) is 9.59 Å². The molecule has 31 heavy (non-hydrogen) atoms. The van der Waals surface area contributed by atoms with Crippen molar-refractivity contribution in [2.45, 2.75) is 12.8 Å². The standard InChI is InChI=1S/C24H26N4O3/c1-27(2)9-7-14-12-25-18-11-17(23(30)24(31)20(14)18)16-5-6-19(29)21-15(8-10-28(3)4)13-26-22(16)21/h5-6,11-13,29H,7-10H2,1-4H3. The molecule has 1 aliphatic carbocycles. The molecule has 1 N–H and O–H groups in total.